The molecule has 0 saturated carbocycles. The van der Waals surface area contributed by atoms with Crippen LogP contribution < -0.4 is 0 Å². The molecule has 5 nitrogen and oxygen atoms in total. The summed E-state index contributed by atoms with van der Waals surface area (Å²) in [5.74, 6) is -0.240. The summed E-state index contributed by atoms with van der Waals surface area (Å²) in [6, 6.07) is 4.62. The lowest BCUT2D eigenvalue weighted by atomic mass is 10.0. The fourth-order valence-electron chi connectivity index (χ4n) is 2.86. The number of hydrogen-bond acceptors (Lipinski definition) is 3. The van der Waals surface area contributed by atoms with Crippen LogP contribution in [0.4, 0.5) is 4.39 Å². The summed E-state index contributed by atoms with van der Waals surface area (Å²) in [6.07, 6.45) is 3.05. The van der Waals surface area contributed by atoms with Gasteiger partial charge in [0.05, 0.1) is 18.0 Å². The van der Waals surface area contributed by atoms with Gasteiger partial charge in [-0.1, -0.05) is 7.43 Å². The zero-order chi connectivity index (χ0) is 16.8. The third-order valence-corrected chi connectivity index (χ3v) is 4.89. The molecule has 0 spiro atoms. The Morgan fingerprint density at radius 1 is 1.29 bits per heavy atom. The molecule has 2 heterocycles. The molecule has 0 bridgehead atoms. The van der Waals surface area contributed by atoms with Gasteiger partial charge in [-0.25, -0.2) is 12.8 Å². The number of aromatic nitrogens is 3. The summed E-state index contributed by atoms with van der Waals surface area (Å²) in [5, 5.41) is 5.37. The van der Waals surface area contributed by atoms with E-state index in [2.05, 4.69) is 10.1 Å². The molecule has 3 rings (SSSR count). The van der Waals surface area contributed by atoms with Gasteiger partial charge in [0.2, 0.25) is 0 Å². The monoisotopic (exact) mass is 351 g/mol. The van der Waals surface area contributed by atoms with Crippen molar-refractivity contribution in [3.63, 3.8) is 0 Å². The van der Waals surface area contributed by atoms with E-state index in [1.807, 2.05) is 20.0 Å². The van der Waals surface area contributed by atoms with Gasteiger partial charge in [-0.3, -0.25) is 4.68 Å². The topological polar surface area (TPSA) is 67.8 Å². The number of nitrogens with zero attached hydrogens (tertiary/aromatic N) is 2. The van der Waals surface area contributed by atoms with E-state index in [0.29, 0.717) is 6.54 Å². The molecule has 0 radical (unpaired) electrons. The fraction of sp³-hybridized carbons (Fsp3) is 0.353. The summed E-state index contributed by atoms with van der Waals surface area (Å²) in [7, 11) is -3.04. The summed E-state index contributed by atoms with van der Waals surface area (Å²) in [5.41, 5.74) is 4.34. The largest absolute Gasteiger partial charge is 0.360 e. The van der Waals surface area contributed by atoms with Crippen molar-refractivity contribution in [2.24, 2.45) is 0 Å². The second-order valence-electron chi connectivity index (χ2n) is 5.79. The number of nitrogens with one attached hydrogen (secondary N) is 1. The summed E-state index contributed by atoms with van der Waals surface area (Å²) < 4.78 is 37.8. The van der Waals surface area contributed by atoms with Crippen molar-refractivity contribution in [3.05, 3.63) is 41.6 Å². The number of aryl methyl sites for hydroxylation is 2. The lowest BCUT2D eigenvalue weighted by molar-refractivity contribution is 0.581. The molecule has 1 N–H and O–H groups in total. The molecule has 3 aromatic rings. The third kappa shape index (κ3) is 3.36. The molecule has 0 aliphatic heterocycles. The molecule has 0 saturated heterocycles. The summed E-state index contributed by atoms with van der Waals surface area (Å²) >= 11 is 0. The van der Waals surface area contributed by atoms with E-state index in [0.717, 1.165) is 33.4 Å². The van der Waals surface area contributed by atoms with Gasteiger partial charge < -0.3 is 4.98 Å². The Morgan fingerprint density at radius 3 is 2.67 bits per heavy atom. The molecule has 0 aliphatic rings. The average molecular weight is 351 g/mol. The van der Waals surface area contributed by atoms with Crippen LogP contribution in [0.3, 0.4) is 0 Å². The maximum atomic E-state index is 13.3. The SMILES string of the molecule is C.Cc1nn(CCS(C)(=O)=O)c(C)c1-c1c[nH]c2cc(F)ccc12. The van der Waals surface area contributed by atoms with Crippen LogP contribution >= 0.6 is 0 Å². The Morgan fingerprint density at radius 2 is 2.00 bits per heavy atom. The molecule has 0 unspecified atom stereocenters. The summed E-state index contributed by atoms with van der Waals surface area (Å²) in [4.78, 5) is 3.07. The van der Waals surface area contributed by atoms with Gasteiger partial charge in [-0.15, -0.1) is 0 Å². The van der Waals surface area contributed by atoms with Crippen molar-refractivity contribution in [3.8, 4) is 11.1 Å². The molecular formula is C17H22FN3O2S. The first-order valence-electron chi connectivity index (χ1n) is 7.25. The van der Waals surface area contributed by atoms with E-state index in [1.165, 1.54) is 18.4 Å². The minimum Gasteiger partial charge on any atom is -0.360 e. The number of sulfone groups is 1. The molecule has 1 aromatic carbocycles. The minimum absolute atomic E-state index is 0. The fourth-order valence-corrected chi connectivity index (χ4v) is 3.37. The van der Waals surface area contributed by atoms with E-state index in [9.17, 15) is 12.8 Å². The molecule has 24 heavy (non-hydrogen) atoms. The van der Waals surface area contributed by atoms with Gasteiger partial charge in [0.15, 0.2) is 0 Å². The molecule has 2 aromatic heterocycles. The second-order valence-corrected chi connectivity index (χ2v) is 8.05. The van der Waals surface area contributed by atoms with Crippen LogP contribution in [0.15, 0.2) is 24.4 Å². The van der Waals surface area contributed by atoms with Crippen LogP contribution in [0.25, 0.3) is 22.0 Å². The molecular weight excluding hydrogens is 329 g/mol. The van der Waals surface area contributed by atoms with Crippen LogP contribution in [0.1, 0.15) is 18.8 Å². The zero-order valence-corrected chi connectivity index (χ0v) is 14.0. The highest BCUT2D eigenvalue weighted by Gasteiger charge is 2.17. The van der Waals surface area contributed by atoms with Crippen molar-refractivity contribution in [1.82, 2.24) is 14.8 Å². The van der Waals surface area contributed by atoms with Crippen LogP contribution in [0.2, 0.25) is 0 Å². The molecule has 7 heteroatoms. The number of hydrogen-bond donors (Lipinski definition) is 1. The normalized spacial score (nSPS) is 11.7. The van der Waals surface area contributed by atoms with E-state index in [1.54, 1.807) is 10.7 Å². The molecule has 0 atom stereocenters. The first kappa shape index (κ1) is 18.2. The number of rotatable bonds is 4. The van der Waals surface area contributed by atoms with Gasteiger partial charge in [-0.05, 0) is 32.0 Å². The smallest absolute Gasteiger partial charge is 0.149 e. The average Bonchev–Trinajstić information content (AvgIpc) is 2.96. The van der Waals surface area contributed by atoms with Crippen LogP contribution in [-0.2, 0) is 16.4 Å². The van der Waals surface area contributed by atoms with Gasteiger partial charge >= 0.3 is 0 Å². The highest BCUT2D eigenvalue weighted by Crippen LogP contribution is 2.33. The molecule has 0 aliphatic carbocycles. The third-order valence-electron chi connectivity index (χ3n) is 3.97. The minimum atomic E-state index is -3.04. The quantitative estimate of drug-likeness (QED) is 0.782. The highest BCUT2D eigenvalue weighted by atomic mass is 32.2. The number of aromatic amines is 1. The van der Waals surface area contributed by atoms with Gasteiger partial charge in [-0.2, -0.15) is 5.10 Å². The van der Waals surface area contributed by atoms with Crippen molar-refractivity contribution in [2.45, 2.75) is 27.8 Å². The standard InChI is InChI=1S/C16H18FN3O2S.CH4/c1-10-16(11(2)20(19-10)6-7-23(3,21)22)14-9-18-15-8-12(17)4-5-13(14)15;/h4-5,8-9,18H,6-7H2,1-3H3;1H4. The predicted octanol–water partition coefficient (Wildman–Crippen LogP) is 3.47. The molecule has 0 fully saturated rings. The lowest BCUT2D eigenvalue weighted by Gasteiger charge is -2.04. The Bertz CT molecular complexity index is 987. The first-order valence-corrected chi connectivity index (χ1v) is 9.31. The van der Waals surface area contributed by atoms with E-state index in [-0.39, 0.29) is 19.0 Å². The van der Waals surface area contributed by atoms with Crippen molar-refractivity contribution in [1.29, 1.82) is 0 Å². The van der Waals surface area contributed by atoms with E-state index >= 15 is 0 Å². The maximum Gasteiger partial charge on any atom is 0.149 e. The van der Waals surface area contributed by atoms with E-state index < -0.39 is 9.84 Å². The Balaban J connectivity index is 0.00000208. The van der Waals surface area contributed by atoms with Crippen LogP contribution in [0, 0.1) is 19.7 Å². The summed E-state index contributed by atoms with van der Waals surface area (Å²) in [6.45, 7) is 4.13. The Hall–Kier alpha value is -2.15. The van der Waals surface area contributed by atoms with Gasteiger partial charge in [0.25, 0.3) is 0 Å². The van der Waals surface area contributed by atoms with Gasteiger partial charge in [0, 0.05) is 40.2 Å². The number of H-pyrrole nitrogens is 1. The van der Waals surface area contributed by atoms with E-state index in [4.69, 9.17) is 0 Å². The Kier molecular flexibility index (Phi) is 4.85. The molecule has 130 valence electrons. The maximum absolute atomic E-state index is 13.3. The predicted molar refractivity (Wildman–Crippen MR) is 95.4 cm³/mol. The van der Waals surface area contributed by atoms with Crippen LogP contribution in [-0.4, -0.2) is 35.2 Å². The zero-order valence-electron chi connectivity index (χ0n) is 13.2. The van der Waals surface area contributed by atoms with Crippen molar-refractivity contribution < 1.29 is 12.8 Å². The first-order chi connectivity index (χ1) is 10.8. The lowest BCUT2D eigenvalue weighted by Crippen LogP contribution is -2.13. The van der Waals surface area contributed by atoms with Crippen molar-refractivity contribution in [2.75, 3.05) is 12.0 Å². The second kappa shape index (κ2) is 6.39. The number of fused-ring (bicyclic) bond motifs is 1. The van der Waals surface area contributed by atoms with Gasteiger partial charge in [0.1, 0.15) is 15.7 Å². The molecule has 0 amide bonds. The number of halogens is 1. The Labute approximate surface area is 141 Å². The van der Waals surface area contributed by atoms with Crippen molar-refractivity contribution >= 4 is 20.7 Å². The number of benzene rings is 1. The van der Waals surface area contributed by atoms with Crippen LogP contribution in [0.5, 0.6) is 0 Å². The highest BCUT2D eigenvalue weighted by molar-refractivity contribution is 7.90.